The summed E-state index contributed by atoms with van der Waals surface area (Å²) in [6.45, 7) is 16.1. The number of anilines is 4. The Morgan fingerprint density at radius 1 is 0.535 bits per heavy atom. The molecule has 4 aromatic rings. The van der Waals surface area contributed by atoms with Crippen LogP contribution in [0.2, 0.25) is 0 Å². The summed E-state index contributed by atoms with van der Waals surface area (Å²) in [5.74, 6) is 0.724. The molecule has 222 valence electrons. The van der Waals surface area contributed by atoms with Gasteiger partial charge in [-0.1, -0.05) is 91.3 Å². The third-order valence-corrected chi connectivity index (χ3v) is 11.0. The third-order valence-electron chi connectivity index (χ3n) is 11.0. The van der Waals surface area contributed by atoms with E-state index in [9.17, 15) is 0 Å². The van der Waals surface area contributed by atoms with Gasteiger partial charge in [-0.25, -0.2) is 0 Å². The minimum Gasteiger partial charge on any atom is -0.356 e. The van der Waals surface area contributed by atoms with Crippen LogP contribution in [-0.4, -0.2) is 0 Å². The van der Waals surface area contributed by atoms with E-state index in [-0.39, 0.29) is 21.7 Å². The summed E-state index contributed by atoms with van der Waals surface area (Å²) in [4.78, 5) is 0. The Bertz CT molecular complexity index is 1540. The minimum atomic E-state index is 0.161. The van der Waals surface area contributed by atoms with Crippen LogP contribution in [0.3, 0.4) is 0 Å². The molecule has 7 rings (SSSR count). The van der Waals surface area contributed by atoms with Crippen LogP contribution in [0, 0.1) is 5.92 Å². The van der Waals surface area contributed by atoms with Gasteiger partial charge in [0.25, 0.3) is 0 Å². The Morgan fingerprint density at radius 2 is 0.907 bits per heavy atom. The molecule has 1 unspecified atom stereocenters. The van der Waals surface area contributed by atoms with E-state index in [1.807, 2.05) is 0 Å². The Hall–Kier alpha value is -3.52. The number of hydrogen-bond donors (Lipinski definition) is 2. The molecule has 0 radical (unpaired) electrons. The molecule has 2 fully saturated rings. The first-order chi connectivity index (χ1) is 20.4. The summed E-state index contributed by atoms with van der Waals surface area (Å²) >= 11 is 0. The first-order valence-corrected chi connectivity index (χ1v) is 16.4. The molecule has 4 aromatic carbocycles. The standard InChI is InChI=1S/C41H48N2/c1-27-25-40-21-8-22-41(40,26-27)37-24-33(43-31-15-11-29(12-16-31)39(5,6)7)18-20-35(37)34-19-17-32(23-36(34)40)42-30-13-9-28(10-14-30)38(2,3)4/h9-20,23-24,27,42-43H,8,21-22,25-26H2,1-7H3/t27?,40-,41+. The zero-order chi connectivity index (χ0) is 30.2. The minimum absolute atomic E-state index is 0.161. The van der Waals surface area contributed by atoms with Gasteiger partial charge in [-0.2, -0.15) is 0 Å². The van der Waals surface area contributed by atoms with Crippen LogP contribution in [0.1, 0.15) is 103 Å². The van der Waals surface area contributed by atoms with Crippen LogP contribution in [0.25, 0.3) is 11.1 Å². The summed E-state index contributed by atoms with van der Waals surface area (Å²) in [7, 11) is 0. The maximum Gasteiger partial charge on any atom is 0.0387 e. The number of rotatable bonds is 4. The first kappa shape index (κ1) is 28.3. The van der Waals surface area contributed by atoms with Crippen molar-refractivity contribution in [2.24, 2.45) is 5.92 Å². The molecule has 0 spiro atoms. The van der Waals surface area contributed by atoms with Crippen molar-refractivity contribution < 1.29 is 0 Å². The van der Waals surface area contributed by atoms with E-state index in [1.54, 1.807) is 11.1 Å². The van der Waals surface area contributed by atoms with Crippen molar-refractivity contribution in [2.45, 2.75) is 102 Å². The van der Waals surface area contributed by atoms with Crippen LogP contribution in [0.15, 0.2) is 84.9 Å². The summed E-state index contributed by atoms with van der Waals surface area (Å²) < 4.78 is 0. The molecular formula is C41H48N2. The summed E-state index contributed by atoms with van der Waals surface area (Å²) in [6, 6.07) is 32.4. The molecule has 3 aliphatic carbocycles. The topological polar surface area (TPSA) is 24.1 Å². The SMILES string of the molecule is CC1C[C@]23CCC[C@@]2(C1)c1cc(Nc2ccc(C(C)(C)C)cc2)ccc1-c1ccc(Nc2ccc(C(C)(C)C)cc2)cc13. The molecule has 0 amide bonds. The second kappa shape index (κ2) is 9.74. The molecule has 0 aliphatic heterocycles. The molecular weight excluding hydrogens is 520 g/mol. The molecule has 2 N–H and O–H groups in total. The lowest BCUT2D eigenvalue weighted by molar-refractivity contribution is 0.299. The zero-order valence-electron chi connectivity index (χ0n) is 27.2. The average molecular weight is 569 g/mol. The highest BCUT2D eigenvalue weighted by atomic mass is 14.9. The predicted octanol–water partition coefficient (Wildman–Crippen LogP) is 11.5. The molecule has 0 heterocycles. The maximum absolute atomic E-state index is 3.76. The van der Waals surface area contributed by atoms with Crippen molar-refractivity contribution in [3.05, 3.63) is 107 Å². The van der Waals surface area contributed by atoms with E-state index in [2.05, 4.69) is 144 Å². The van der Waals surface area contributed by atoms with Gasteiger partial charge in [0.2, 0.25) is 0 Å². The second-order valence-electron chi connectivity index (χ2n) is 16.0. The third kappa shape index (κ3) is 4.60. The van der Waals surface area contributed by atoms with Crippen LogP contribution >= 0.6 is 0 Å². The number of fused-ring (bicyclic) bond motifs is 3. The monoisotopic (exact) mass is 568 g/mol. The lowest BCUT2D eigenvalue weighted by Crippen LogP contribution is -2.43. The van der Waals surface area contributed by atoms with E-state index in [0.717, 1.165) is 17.3 Å². The average Bonchev–Trinajstić information content (AvgIpc) is 3.46. The Balaban J connectivity index is 1.27. The lowest BCUT2D eigenvalue weighted by atomic mass is 9.55. The maximum atomic E-state index is 3.76. The Kier molecular flexibility index (Phi) is 6.40. The van der Waals surface area contributed by atoms with Crippen LogP contribution in [0.5, 0.6) is 0 Å². The van der Waals surface area contributed by atoms with Crippen molar-refractivity contribution in [2.75, 3.05) is 10.6 Å². The van der Waals surface area contributed by atoms with Crippen LogP contribution in [0.4, 0.5) is 22.7 Å². The molecule has 3 aliphatic rings. The molecule has 2 nitrogen and oxygen atoms in total. The van der Waals surface area contributed by atoms with Gasteiger partial charge in [-0.3, -0.25) is 0 Å². The highest BCUT2D eigenvalue weighted by Gasteiger charge is 2.63. The van der Waals surface area contributed by atoms with Crippen molar-refractivity contribution in [1.29, 1.82) is 0 Å². The van der Waals surface area contributed by atoms with Gasteiger partial charge < -0.3 is 10.6 Å². The fourth-order valence-electron chi connectivity index (χ4n) is 8.98. The van der Waals surface area contributed by atoms with Gasteiger partial charge in [0.15, 0.2) is 0 Å². The summed E-state index contributed by atoms with van der Waals surface area (Å²) in [5.41, 5.74) is 14.3. The number of nitrogens with one attached hydrogen (secondary N) is 2. The molecule has 0 bridgehead atoms. The summed E-state index contributed by atoms with van der Waals surface area (Å²) in [6.07, 6.45) is 6.46. The molecule has 2 saturated carbocycles. The van der Waals surface area contributed by atoms with Gasteiger partial charge in [0.05, 0.1) is 0 Å². The number of benzene rings is 4. The van der Waals surface area contributed by atoms with E-state index >= 15 is 0 Å². The fourth-order valence-corrected chi connectivity index (χ4v) is 8.98. The summed E-state index contributed by atoms with van der Waals surface area (Å²) in [5, 5.41) is 7.52. The zero-order valence-corrected chi connectivity index (χ0v) is 27.2. The van der Waals surface area contributed by atoms with Crippen molar-refractivity contribution >= 4 is 22.7 Å². The second-order valence-corrected chi connectivity index (χ2v) is 16.0. The normalized spacial score (nSPS) is 24.1. The van der Waals surface area contributed by atoms with Gasteiger partial charge in [0, 0.05) is 33.6 Å². The van der Waals surface area contributed by atoms with Crippen LogP contribution < -0.4 is 10.6 Å². The predicted molar refractivity (Wildman–Crippen MR) is 184 cm³/mol. The quantitative estimate of drug-likeness (QED) is 0.256. The highest BCUT2D eigenvalue weighted by Crippen LogP contribution is 2.70. The first-order valence-electron chi connectivity index (χ1n) is 16.4. The molecule has 0 saturated heterocycles. The van der Waals surface area contributed by atoms with Crippen molar-refractivity contribution in [1.82, 2.24) is 0 Å². The Morgan fingerprint density at radius 3 is 1.28 bits per heavy atom. The van der Waals surface area contributed by atoms with E-state index < -0.39 is 0 Å². The van der Waals surface area contributed by atoms with E-state index in [4.69, 9.17) is 0 Å². The van der Waals surface area contributed by atoms with E-state index in [1.165, 1.54) is 65.7 Å². The lowest BCUT2D eigenvalue weighted by Gasteiger charge is -2.48. The van der Waals surface area contributed by atoms with Crippen LogP contribution in [-0.2, 0) is 21.7 Å². The molecule has 2 heteroatoms. The van der Waals surface area contributed by atoms with Gasteiger partial charge in [-0.05, 0) is 124 Å². The van der Waals surface area contributed by atoms with Gasteiger partial charge in [0.1, 0.15) is 0 Å². The largest absolute Gasteiger partial charge is 0.356 e. The smallest absolute Gasteiger partial charge is 0.0387 e. The number of hydrogen-bond acceptors (Lipinski definition) is 2. The molecule has 43 heavy (non-hydrogen) atoms. The molecule has 0 aromatic heterocycles. The van der Waals surface area contributed by atoms with Crippen molar-refractivity contribution in [3.8, 4) is 11.1 Å². The molecule has 3 atom stereocenters. The van der Waals surface area contributed by atoms with Gasteiger partial charge in [-0.15, -0.1) is 0 Å². The fraction of sp³-hybridized carbons (Fsp3) is 0.415. The van der Waals surface area contributed by atoms with E-state index in [0.29, 0.717) is 0 Å². The van der Waals surface area contributed by atoms with Crippen molar-refractivity contribution in [3.63, 3.8) is 0 Å². The van der Waals surface area contributed by atoms with Gasteiger partial charge >= 0.3 is 0 Å². The Labute approximate surface area is 259 Å². The highest BCUT2D eigenvalue weighted by molar-refractivity contribution is 5.83.